The van der Waals surface area contributed by atoms with E-state index in [0.29, 0.717) is 16.9 Å². The number of nitriles is 1. The van der Waals surface area contributed by atoms with Crippen molar-refractivity contribution in [2.45, 2.75) is 6.61 Å². The van der Waals surface area contributed by atoms with E-state index in [0.717, 1.165) is 5.56 Å². The van der Waals surface area contributed by atoms with Gasteiger partial charge in [-0.1, -0.05) is 36.4 Å². The number of carbonyl (C=O) groups excluding carboxylic acids is 2. The second-order valence-corrected chi connectivity index (χ2v) is 6.54. The molecular weight excluding hydrogens is 386 g/mol. The van der Waals surface area contributed by atoms with Gasteiger partial charge in [0.2, 0.25) is 0 Å². The van der Waals surface area contributed by atoms with Gasteiger partial charge in [0.25, 0.3) is 11.8 Å². The van der Waals surface area contributed by atoms with Crippen LogP contribution in [0.5, 0.6) is 5.75 Å². The van der Waals surface area contributed by atoms with Gasteiger partial charge in [0.15, 0.2) is 5.11 Å². The van der Waals surface area contributed by atoms with Gasteiger partial charge in [-0.15, -0.1) is 6.58 Å². The number of thiocarbonyl (C=S) groups is 1. The van der Waals surface area contributed by atoms with Gasteiger partial charge in [0, 0.05) is 12.1 Å². The fraction of sp³-hybridized carbons (Fsp3) is 0.0909. The maximum atomic E-state index is 12.5. The van der Waals surface area contributed by atoms with E-state index in [9.17, 15) is 9.59 Å². The lowest BCUT2D eigenvalue weighted by molar-refractivity contribution is -0.128. The molecule has 29 heavy (non-hydrogen) atoms. The van der Waals surface area contributed by atoms with Gasteiger partial charge in [0.1, 0.15) is 17.9 Å². The van der Waals surface area contributed by atoms with Crippen LogP contribution in [-0.2, 0) is 16.2 Å². The number of carbonyl (C=O) groups is 2. The molecule has 1 heterocycles. The molecular formula is C22H17N3O3S. The highest BCUT2D eigenvalue weighted by Crippen LogP contribution is 2.19. The molecule has 0 unspecified atom stereocenters. The number of ether oxygens (including phenoxy) is 1. The smallest absolute Gasteiger partial charge is 0.265 e. The normalized spacial score (nSPS) is 15.1. The average molecular weight is 403 g/mol. The van der Waals surface area contributed by atoms with Crippen LogP contribution in [0.4, 0.5) is 0 Å². The third-order valence-corrected chi connectivity index (χ3v) is 4.54. The summed E-state index contributed by atoms with van der Waals surface area (Å²) in [6.07, 6.45) is 3.04. The highest BCUT2D eigenvalue weighted by molar-refractivity contribution is 7.80. The SMILES string of the molecule is C=CCN1C(=O)/C(=C/c2ccc(OCc3ccccc3C#N)cc2)C(=O)NC1=S. The zero-order valence-corrected chi connectivity index (χ0v) is 16.2. The summed E-state index contributed by atoms with van der Waals surface area (Å²) in [7, 11) is 0. The third-order valence-electron chi connectivity index (χ3n) is 4.22. The lowest BCUT2D eigenvalue weighted by Crippen LogP contribution is -2.53. The van der Waals surface area contributed by atoms with Crippen molar-refractivity contribution in [3.05, 3.63) is 83.4 Å². The van der Waals surface area contributed by atoms with Crippen LogP contribution in [0.25, 0.3) is 6.08 Å². The van der Waals surface area contributed by atoms with Crippen molar-refractivity contribution in [3.63, 3.8) is 0 Å². The van der Waals surface area contributed by atoms with E-state index in [1.807, 2.05) is 12.1 Å². The van der Waals surface area contributed by atoms with E-state index in [-0.39, 0.29) is 23.8 Å². The van der Waals surface area contributed by atoms with Crippen molar-refractivity contribution in [1.82, 2.24) is 10.2 Å². The fourth-order valence-corrected chi connectivity index (χ4v) is 2.98. The Morgan fingerprint density at radius 3 is 2.59 bits per heavy atom. The van der Waals surface area contributed by atoms with Gasteiger partial charge in [-0.25, -0.2) is 0 Å². The summed E-state index contributed by atoms with van der Waals surface area (Å²) in [5.74, 6) is -0.394. The Kier molecular flexibility index (Phi) is 6.17. The first-order chi connectivity index (χ1) is 14.0. The van der Waals surface area contributed by atoms with Crippen LogP contribution in [-0.4, -0.2) is 28.4 Å². The molecule has 3 rings (SSSR count). The highest BCUT2D eigenvalue weighted by Gasteiger charge is 2.32. The van der Waals surface area contributed by atoms with Crippen molar-refractivity contribution in [1.29, 1.82) is 5.26 Å². The zero-order valence-electron chi connectivity index (χ0n) is 15.4. The summed E-state index contributed by atoms with van der Waals surface area (Å²) in [5, 5.41) is 11.7. The summed E-state index contributed by atoms with van der Waals surface area (Å²) >= 11 is 5.03. The van der Waals surface area contributed by atoms with E-state index in [4.69, 9.17) is 22.2 Å². The molecule has 0 radical (unpaired) electrons. The third kappa shape index (κ3) is 4.57. The van der Waals surface area contributed by atoms with E-state index in [2.05, 4.69) is 18.0 Å². The molecule has 1 N–H and O–H groups in total. The molecule has 1 aliphatic heterocycles. The van der Waals surface area contributed by atoms with Crippen LogP contribution in [0.15, 0.2) is 66.8 Å². The number of nitrogens with zero attached hydrogens (tertiary/aromatic N) is 2. The summed E-state index contributed by atoms with van der Waals surface area (Å²) < 4.78 is 5.73. The van der Waals surface area contributed by atoms with Crippen LogP contribution >= 0.6 is 12.2 Å². The Hall–Kier alpha value is -3.76. The molecule has 6 nitrogen and oxygen atoms in total. The van der Waals surface area contributed by atoms with Crippen LogP contribution in [0.3, 0.4) is 0 Å². The fourth-order valence-electron chi connectivity index (χ4n) is 2.73. The first kappa shape index (κ1) is 20.0. The number of nitrogens with one attached hydrogen (secondary N) is 1. The first-order valence-corrected chi connectivity index (χ1v) is 9.15. The molecule has 2 amide bonds. The lowest BCUT2D eigenvalue weighted by Gasteiger charge is -2.27. The van der Waals surface area contributed by atoms with E-state index >= 15 is 0 Å². The van der Waals surface area contributed by atoms with Crippen LogP contribution < -0.4 is 10.1 Å². The average Bonchev–Trinajstić information content (AvgIpc) is 2.73. The van der Waals surface area contributed by atoms with Crippen molar-refractivity contribution in [2.24, 2.45) is 0 Å². The minimum absolute atomic E-state index is 0.00272. The monoisotopic (exact) mass is 403 g/mol. The Morgan fingerprint density at radius 2 is 1.90 bits per heavy atom. The molecule has 2 aromatic carbocycles. The molecule has 1 fully saturated rings. The van der Waals surface area contributed by atoms with E-state index in [1.54, 1.807) is 36.4 Å². The van der Waals surface area contributed by atoms with E-state index < -0.39 is 11.8 Å². The molecule has 7 heteroatoms. The van der Waals surface area contributed by atoms with Crippen LogP contribution in [0.2, 0.25) is 0 Å². The van der Waals surface area contributed by atoms with Crippen molar-refractivity contribution in [2.75, 3.05) is 6.54 Å². The molecule has 0 atom stereocenters. The standard InChI is InChI=1S/C22H17N3O3S/c1-2-11-25-21(27)19(20(26)24-22(25)29)12-15-7-9-18(10-8-15)28-14-17-6-4-3-5-16(17)13-23/h2-10,12H,1,11,14H2,(H,24,26,29)/b19-12+. The Labute approximate surface area is 173 Å². The Balaban J connectivity index is 1.73. The summed E-state index contributed by atoms with van der Waals surface area (Å²) in [5.41, 5.74) is 2.03. The van der Waals surface area contributed by atoms with Crippen LogP contribution in [0.1, 0.15) is 16.7 Å². The second kappa shape index (κ2) is 8.95. The Morgan fingerprint density at radius 1 is 1.17 bits per heavy atom. The van der Waals surface area contributed by atoms with Gasteiger partial charge < -0.3 is 4.74 Å². The molecule has 0 spiro atoms. The molecule has 0 aromatic heterocycles. The number of rotatable bonds is 6. The Bertz CT molecular complexity index is 1050. The maximum absolute atomic E-state index is 12.5. The van der Waals surface area contributed by atoms with Crippen molar-refractivity contribution >= 4 is 35.2 Å². The summed E-state index contributed by atoms with van der Waals surface area (Å²) in [6, 6.07) is 16.3. The number of hydrogen-bond acceptors (Lipinski definition) is 5. The van der Waals surface area contributed by atoms with Gasteiger partial charge in [-0.3, -0.25) is 19.8 Å². The topological polar surface area (TPSA) is 82.4 Å². The number of hydrogen-bond donors (Lipinski definition) is 1. The van der Waals surface area contributed by atoms with Crippen molar-refractivity contribution < 1.29 is 14.3 Å². The predicted molar refractivity (Wildman–Crippen MR) is 113 cm³/mol. The van der Waals surface area contributed by atoms with Gasteiger partial charge >= 0.3 is 0 Å². The first-order valence-electron chi connectivity index (χ1n) is 8.74. The van der Waals surface area contributed by atoms with Gasteiger partial charge in [-0.2, -0.15) is 5.26 Å². The minimum atomic E-state index is -0.534. The molecule has 1 saturated heterocycles. The molecule has 1 aliphatic rings. The summed E-state index contributed by atoms with van der Waals surface area (Å²) in [4.78, 5) is 26.0. The van der Waals surface area contributed by atoms with Crippen molar-refractivity contribution in [3.8, 4) is 11.8 Å². The lowest BCUT2D eigenvalue weighted by atomic mass is 10.1. The second-order valence-electron chi connectivity index (χ2n) is 6.15. The highest BCUT2D eigenvalue weighted by atomic mass is 32.1. The largest absolute Gasteiger partial charge is 0.489 e. The minimum Gasteiger partial charge on any atom is -0.489 e. The number of benzene rings is 2. The molecule has 2 aromatic rings. The zero-order chi connectivity index (χ0) is 20.8. The predicted octanol–water partition coefficient (Wildman–Crippen LogP) is 2.95. The van der Waals surface area contributed by atoms with Gasteiger partial charge in [-0.05, 0) is 42.1 Å². The van der Waals surface area contributed by atoms with Gasteiger partial charge in [0.05, 0.1) is 11.6 Å². The van der Waals surface area contributed by atoms with E-state index in [1.165, 1.54) is 17.1 Å². The molecule has 0 bridgehead atoms. The quantitative estimate of drug-likeness (QED) is 0.347. The molecule has 144 valence electrons. The summed E-state index contributed by atoms with van der Waals surface area (Å²) in [6.45, 7) is 4.07. The maximum Gasteiger partial charge on any atom is 0.265 e. The van der Waals surface area contributed by atoms with Crippen LogP contribution in [0, 0.1) is 11.3 Å². The molecule has 0 saturated carbocycles. The molecule has 0 aliphatic carbocycles. The number of amides is 2.